The Labute approximate surface area is 107 Å². The van der Waals surface area contributed by atoms with Crippen LogP contribution < -0.4 is 11.1 Å². The van der Waals surface area contributed by atoms with Crippen molar-refractivity contribution in [1.82, 2.24) is 0 Å². The summed E-state index contributed by atoms with van der Waals surface area (Å²) >= 11 is 11.6. The largest absolute Gasteiger partial charge is 0.452 e. The monoisotopic (exact) mass is 270 g/mol. The van der Waals surface area contributed by atoms with Crippen LogP contribution in [0.5, 0.6) is 0 Å². The number of hydrogen-bond donors (Lipinski definition) is 2. The van der Waals surface area contributed by atoms with Gasteiger partial charge in [0, 0.05) is 5.69 Å². The first-order valence-electron chi connectivity index (χ1n) is 4.67. The molecule has 1 amide bonds. The lowest BCUT2D eigenvalue weighted by atomic mass is 10.2. The molecule has 1 aromatic heterocycles. The topological polar surface area (TPSA) is 68.3 Å². The predicted molar refractivity (Wildman–Crippen MR) is 67.5 cm³/mol. The van der Waals surface area contributed by atoms with Gasteiger partial charge in [-0.3, -0.25) is 4.79 Å². The highest BCUT2D eigenvalue weighted by atomic mass is 35.5. The van der Waals surface area contributed by atoms with Gasteiger partial charge in [0.05, 0.1) is 22.5 Å². The van der Waals surface area contributed by atoms with Crippen LogP contribution in [0.2, 0.25) is 10.2 Å². The number of rotatable bonds is 2. The van der Waals surface area contributed by atoms with Crippen LogP contribution in [0.25, 0.3) is 0 Å². The zero-order chi connectivity index (χ0) is 12.4. The van der Waals surface area contributed by atoms with E-state index in [1.807, 2.05) is 0 Å². The molecule has 1 aromatic carbocycles. The molecular formula is C11H8Cl2N2O2. The summed E-state index contributed by atoms with van der Waals surface area (Å²) in [5, 5.41) is 3.02. The van der Waals surface area contributed by atoms with Gasteiger partial charge in [0.25, 0.3) is 5.91 Å². The molecule has 0 saturated carbocycles. The second-order valence-electron chi connectivity index (χ2n) is 3.30. The highest BCUT2D eigenvalue weighted by molar-refractivity contribution is 6.35. The standard InChI is InChI=1S/C11H8Cl2N2O2/c12-8-2-1-6(14)5-9(8)15-11(16)7-3-4-17-10(7)13/h1-5H,14H2,(H,15,16). The number of amides is 1. The van der Waals surface area contributed by atoms with E-state index < -0.39 is 5.91 Å². The van der Waals surface area contributed by atoms with Crippen LogP contribution in [-0.2, 0) is 0 Å². The van der Waals surface area contributed by atoms with Crippen LogP contribution in [-0.4, -0.2) is 5.91 Å². The first kappa shape index (κ1) is 11.8. The van der Waals surface area contributed by atoms with Gasteiger partial charge < -0.3 is 15.5 Å². The molecule has 0 aliphatic carbocycles. The van der Waals surface area contributed by atoms with Gasteiger partial charge >= 0.3 is 0 Å². The molecule has 2 rings (SSSR count). The van der Waals surface area contributed by atoms with Gasteiger partial charge in [-0.15, -0.1) is 0 Å². The van der Waals surface area contributed by atoms with Crippen LogP contribution in [0, 0.1) is 0 Å². The molecular weight excluding hydrogens is 263 g/mol. The summed E-state index contributed by atoms with van der Waals surface area (Å²) in [6, 6.07) is 6.28. The Morgan fingerprint density at radius 2 is 2.06 bits per heavy atom. The molecule has 6 heteroatoms. The zero-order valence-electron chi connectivity index (χ0n) is 8.54. The molecule has 0 fully saturated rings. The van der Waals surface area contributed by atoms with E-state index in [-0.39, 0.29) is 10.8 Å². The summed E-state index contributed by atoms with van der Waals surface area (Å²) in [5.41, 5.74) is 6.77. The van der Waals surface area contributed by atoms with Gasteiger partial charge in [-0.05, 0) is 35.9 Å². The van der Waals surface area contributed by atoms with Crippen LogP contribution in [0.15, 0.2) is 34.9 Å². The highest BCUT2D eigenvalue weighted by Crippen LogP contribution is 2.25. The van der Waals surface area contributed by atoms with Gasteiger partial charge in [-0.1, -0.05) is 11.6 Å². The lowest BCUT2D eigenvalue weighted by molar-refractivity contribution is 0.102. The lowest BCUT2D eigenvalue weighted by Gasteiger charge is -2.06. The molecule has 3 N–H and O–H groups in total. The molecule has 0 unspecified atom stereocenters. The molecule has 0 aliphatic heterocycles. The number of nitrogens with one attached hydrogen (secondary N) is 1. The fraction of sp³-hybridized carbons (Fsp3) is 0. The minimum Gasteiger partial charge on any atom is -0.452 e. The number of anilines is 2. The molecule has 0 radical (unpaired) electrons. The average molecular weight is 271 g/mol. The van der Waals surface area contributed by atoms with Crippen molar-refractivity contribution in [1.29, 1.82) is 0 Å². The Balaban J connectivity index is 2.24. The van der Waals surface area contributed by atoms with E-state index in [9.17, 15) is 4.79 Å². The zero-order valence-corrected chi connectivity index (χ0v) is 10.0. The minimum absolute atomic E-state index is 0.0301. The van der Waals surface area contributed by atoms with E-state index >= 15 is 0 Å². The number of carbonyl (C=O) groups is 1. The normalized spacial score (nSPS) is 10.2. The smallest absolute Gasteiger partial charge is 0.260 e. The SMILES string of the molecule is Nc1ccc(Cl)c(NC(=O)c2ccoc2Cl)c1. The second-order valence-corrected chi connectivity index (χ2v) is 4.05. The lowest BCUT2D eigenvalue weighted by Crippen LogP contribution is -2.11. The Morgan fingerprint density at radius 3 is 2.71 bits per heavy atom. The van der Waals surface area contributed by atoms with E-state index in [0.29, 0.717) is 16.4 Å². The summed E-state index contributed by atoms with van der Waals surface area (Å²) in [7, 11) is 0. The average Bonchev–Trinajstić information content (AvgIpc) is 2.70. The molecule has 0 aliphatic rings. The molecule has 88 valence electrons. The van der Waals surface area contributed by atoms with Crippen molar-refractivity contribution in [2.45, 2.75) is 0 Å². The fourth-order valence-corrected chi connectivity index (χ4v) is 1.65. The van der Waals surface area contributed by atoms with Crippen molar-refractivity contribution >= 4 is 40.5 Å². The number of benzene rings is 1. The van der Waals surface area contributed by atoms with E-state index in [1.165, 1.54) is 12.3 Å². The summed E-state index contributed by atoms with van der Waals surface area (Å²) in [6.45, 7) is 0. The van der Waals surface area contributed by atoms with E-state index in [4.69, 9.17) is 33.4 Å². The number of nitrogen functional groups attached to an aromatic ring is 1. The predicted octanol–water partition coefficient (Wildman–Crippen LogP) is 3.42. The van der Waals surface area contributed by atoms with E-state index in [0.717, 1.165) is 0 Å². The number of halogens is 2. The van der Waals surface area contributed by atoms with Crippen molar-refractivity contribution in [2.24, 2.45) is 0 Å². The highest BCUT2D eigenvalue weighted by Gasteiger charge is 2.14. The maximum absolute atomic E-state index is 11.8. The molecule has 0 spiro atoms. The van der Waals surface area contributed by atoms with Gasteiger partial charge in [-0.25, -0.2) is 0 Å². The van der Waals surface area contributed by atoms with Crippen molar-refractivity contribution in [3.63, 3.8) is 0 Å². The molecule has 2 aromatic rings. The summed E-state index contributed by atoms with van der Waals surface area (Å²) in [4.78, 5) is 11.8. The molecule has 0 atom stereocenters. The fourth-order valence-electron chi connectivity index (χ4n) is 1.28. The van der Waals surface area contributed by atoms with Crippen molar-refractivity contribution in [2.75, 3.05) is 11.1 Å². The van der Waals surface area contributed by atoms with Gasteiger partial charge in [0.15, 0.2) is 0 Å². The Bertz CT molecular complexity index is 566. The molecule has 17 heavy (non-hydrogen) atoms. The molecule has 4 nitrogen and oxygen atoms in total. The van der Waals surface area contributed by atoms with Gasteiger partial charge in [-0.2, -0.15) is 0 Å². The third-order valence-corrected chi connectivity index (χ3v) is 2.72. The second kappa shape index (κ2) is 4.69. The summed E-state index contributed by atoms with van der Waals surface area (Å²) < 4.78 is 4.82. The van der Waals surface area contributed by atoms with Gasteiger partial charge in [0.2, 0.25) is 5.22 Å². The minimum atomic E-state index is -0.406. The van der Waals surface area contributed by atoms with Crippen molar-refractivity contribution in [3.8, 4) is 0 Å². The maximum atomic E-state index is 11.8. The summed E-state index contributed by atoms with van der Waals surface area (Å²) in [5.74, 6) is -0.406. The molecule has 0 saturated heterocycles. The Hall–Kier alpha value is -1.65. The number of furan rings is 1. The Kier molecular flexibility index (Phi) is 3.26. The summed E-state index contributed by atoms with van der Waals surface area (Å²) in [6.07, 6.45) is 1.33. The van der Waals surface area contributed by atoms with Crippen molar-refractivity contribution in [3.05, 3.63) is 46.3 Å². The van der Waals surface area contributed by atoms with Crippen LogP contribution >= 0.6 is 23.2 Å². The van der Waals surface area contributed by atoms with Crippen LogP contribution in [0.1, 0.15) is 10.4 Å². The van der Waals surface area contributed by atoms with E-state index in [1.54, 1.807) is 18.2 Å². The quantitative estimate of drug-likeness (QED) is 0.822. The van der Waals surface area contributed by atoms with Gasteiger partial charge in [0.1, 0.15) is 0 Å². The van der Waals surface area contributed by atoms with E-state index in [2.05, 4.69) is 5.32 Å². The Morgan fingerprint density at radius 1 is 1.29 bits per heavy atom. The van der Waals surface area contributed by atoms with Crippen LogP contribution in [0.3, 0.4) is 0 Å². The number of carbonyl (C=O) groups excluding carboxylic acids is 1. The third-order valence-electron chi connectivity index (χ3n) is 2.10. The number of hydrogen-bond acceptors (Lipinski definition) is 3. The molecule has 0 bridgehead atoms. The van der Waals surface area contributed by atoms with Crippen molar-refractivity contribution < 1.29 is 9.21 Å². The first-order chi connectivity index (χ1) is 8.08. The third kappa shape index (κ3) is 2.54. The number of nitrogens with two attached hydrogens (primary N) is 1. The first-order valence-corrected chi connectivity index (χ1v) is 5.43. The van der Waals surface area contributed by atoms with Crippen LogP contribution in [0.4, 0.5) is 11.4 Å². The molecule has 1 heterocycles. The maximum Gasteiger partial charge on any atom is 0.260 e.